The highest BCUT2D eigenvalue weighted by molar-refractivity contribution is 7.90. The van der Waals surface area contributed by atoms with Gasteiger partial charge in [-0.05, 0) is 37.1 Å². The van der Waals surface area contributed by atoms with Gasteiger partial charge in [0.1, 0.15) is 11.7 Å². The molecule has 13 heteroatoms. The van der Waals surface area contributed by atoms with Gasteiger partial charge in [-0.1, -0.05) is 12.1 Å². The van der Waals surface area contributed by atoms with Crippen molar-refractivity contribution in [3.05, 3.63) is 75.1 Å². The second-order valence-electron chi connectivity index (χ2n) is 8.35. The van der Waals surface area contributed by atoms with E-state index in [1.165, 1.54) is 25.1 Å². The lowest BCUT2D eigenvalue weighted by Gasteiger charge is -2.38. The van der Waals surface area contributed by atoms with Gasteiger partial charge in [0.2, 0.25) is 11.9 Å². The van der Waals surface area contributed by atoms with Crippen molar-refractivity contribution in [1.82, 2.24) is 4.90 Å². The molecular weight excluding hydrogens is 505 g/mol. The van der Waals surface area contributed by atoms with Crippen LogP contribution >= 0.6 is 0 Å². The molecule has 194 valence electrons. The number of rotatable bonds is 8. The Morgan fingerprint density at radius 2 is 1.83 bits per heavy atom. The van der Waals surface area contributed by atoms with Crippen LogP contribution in [0, 0.1) is 33.5 Å². The number of nitrogens with zero attached hydrogens (tertiary/aromatic N) is 2. The average molecular weight is 529 g/mol. The third-order valence-electron chi connectivity index (χ3n) is 5.97. The Kier molecular flexibility index (Phi) is 8.02. The molecule has 0 aromatic heterocycles. The highest BCUT2D eigenvalue weighted by Crippen LogP contribution is 2.38. The normalized spacial score (nSPS) is 20.3. The number of halogens is 3. The van der Waals surface area contributed by atoms with Gasteiger partial charge in [-0.3, -0.25) is 19.7 Å². The molecule has 1 aliphatic heterocycles. The molecule has 1 saturated heterocycles. The van der Waals surface area contributed by atoms with Crippen molar-refractivity contribution >= 4 is 21.7 Å². The van der Waals surface area contributed by atoms with E-state index in [0.29, 0.717) is 11.6 Å². The fraction of sp³-hybridized carbons (Fsp3) is 0.391. The molecule has 0 aliphatic carbocycles. The lowest BCUT2D eigenvalue weighted by atomic mass is 9.76. The lowest BCUT2D eigenvalue weighted by Crippen LogP contribution is -2.57. The quantitative estimate of drug-likeness (QED) is 0.170. The largest absolute Gasteiger partial charge is 0.465 e. The van der Waals surface area contributed by atoms with Crippen molar-refractivity contribution in [2.75, 3.05) is 26.0 Å². The first-order valence-corrected chi connectivity index (χ1v) is 12.8. The van der Waals surface area contributed by atoms with E-state index < -0.39 is 74.1 Å². The monoisotopic (exact) mass is 528 g/mol. The number of benzene rings is 2. The molecule has 2 aromatic rings. The molecule has 0 N–H and O–H groups in total. The lowest BCUT2D eigenvalue weighted by molar-refractivity contribution is -0.529. The van der Waals surface area contributed by atoms with Crippen molar-refractivity contribution in [2.24, 2.45) is 5.92 Å². The summed E-state index contributed by atoms with van der Waals surface area (Å²) < 4.78 is 70.7. The molecule has 0 saturated carbocycles. The average Bonchev–Trinajstić information content (AvgIpc) is 2.80. The van der Waals surface area contributed by atoms with Crippen molar-refractivity contribution in [2.45, 2.75) is 30.2 Å². The third kappa shape index (κ3) is 5.66. The SMILES string of the molecule is CCOC(=O)C1C(=O)N(CCc2cccc(S(C)(=O)=O)c2)C[C@H]([N+](=O)[O-])[C@H]1c1cc(F)c(F)cc1F. The van der Waals surface area contributed by atoms with Crippen LogP contribution in [0.25, 0.3) is 0 Å². The smallest absolute Gasteiger partial charge is 0.319 e. The first kappa shape index (κ1) is 27.1. The number of carbonyl (C=O) groups excluding carboxylic acids is 2. The maximum Gasteiger partial charge on any atom is 0.319 e. The molecule has 3 rings (SSSR count). The van der Waals surface area contributed by atoms with Gasteiger partial charge in [0.25, 0.3) is 0 Å². The number of piperidine rings is 1. The number of carbonyl (C=O) groups is 2. The summed E-state index contributed by atoms with van der Waals surface area (Å²) in [5.41, 5.74) is -0.160. The molecule has 1 fully saturated rings. The number of likely N-dealkylation sites (tertiary alicyclic amines) is 1. The molecule has 3 atom stereocenters. The minimum absolute atomic E-state index is 0.0476. The summed E-state index contributed by atoms with van der Waals surface area (Å²) in [5.74, 6) is -10.0. The first-order chi connectivity index (χ1) is 16.8. The Bertz CT molecular complexity index is 1300. The van der Waals surface area contributed by atoms with Gasteiger partial charge in [-0.15, -0.1) is 0 Å². The highest BCUT2D eigenvalue weighted by Gasteiger charge is 2.54. The van der Waals surface area contributed by atoms with E-state index in [-0.39, 0.29) is 30.5 Å². The van der Waals surface area contributed by atoms with E-state index in [1.54, 1.807) is 6.07 Å². The van der Waals surface area contributed by atoms with Gasteiger partial charge < -0.3 is 9.64 Å². The molecule has 0 bridgehead atoms. The van der Waals surface area contributed by atoms with Crippen LogP contribution < -0.4 is 0 Å². The van der Waals surface area contributed by atoms with Gasteiger partial charge in [0, 0.05) is 29.4 Å². The van der Waals surface area contributed by atoms with Crippen LogP contribution in [0.1, 0.15) is 24.0 Å². The maximum atomic E-state index is 14.6. The van der Waals surface area contributed by atoms with E-state index in [9.17, 15) is 41.3 Å². The van der Waals surface area contributed by atoms with Crippen molar-refractivity contribution in [3.63, 3.8) is 0 Å². The Hall–Kier alpha value is -3.48. The Balaban J connectivity index is 1.99. The minimum Gasteiger partial charge on any atom is -0.465 e. The van der Waals surface area contributed by atoms with Gasteiger partial charge in [0.15, 0.2) is 21.5 Å². The molecule has 1 unspecified atom stereocenters. The van der Waals surface area contributed by atoms with E-state index in [2.05, 4.69) is 0 Å². The number of sulfone groups is 1. The molecule has 2 aromatic carbocycles. The summed E-state index contributed by atoms with van der Waals surface area (Å²) in [6.45, 7) is 0.586. The molecule has 9 nitrogen and oxygen atoms in total. The second-order valence-corrected chi connectivity index (χ2v) is 10.4. The molecule has 0 radical (unpaired) electrons. The van der Waals surface area contributed by atoms with E-state index in [0.717, 1.165) is 11.2 Å². The zero-order valence-electron chi connectivity index (χ0n) is 19.3. The molecule has 1 amide bonds. The molecule has 1 aliphatic rings. The maximum absolute atomic E-state index is 14.6. The fourth-order valence-corrected chi connectivity index (χ4v) is 4.95. The van der Waals surface area contributed by atoms with Gasteiger partial charge in [-0.25, -0.2) is 21.6 Å². The molecule has 0 spiro atoms. The minimum atomic E-state index is -3.50. The molecule has 36 heavy (non-hydrogen) atoms. The number of amides is 1. The number of ether oxygens (including phenoxy) is 1. The van der Waals surface area contributed by atoms with Crippen molar-refractivity contribution in [1.29, 1.82) is 0 Å². The Morgan fingerprint density at radius 1 is 1.17 bits per heavy atom. The highest BCUT2D eigenvalue weighted by atomic mass is 32.2. The zero-order valence-corrected chi connectivity index (χ0v) is 20.1. The number of esters is 1. The van der Waals surface area contributed by atoms with Crippen molar-refractivity contribution in [3.8, 4) is 0 Å². The van der Waals surface area contributed by atoms with Gasteiger partial charge in [-0.2, -0.15) is 0 Å². The predicted octanol–water partition coefficient (Wildman–Crippen LogP) is 2.50. The first-order valence-electron chi connectivity index (χ1n) is 10.9. The van der Waals surface area contributed by atoms with Gasteiger partial charge >= 0.3 is 5.97 Å². The van der Waals surface area contributed by atoms with Crippen LogP contribution in [0.3, 0.4) is 0 Å². The Labute approximate surface area is 204 Å². The summed E-state index contributed by atoms with van der Waals surface area (Å²) in [4.78, 5) is 38.3. The van der Waals surface area contributed by atoms with Crippen LogP contribution in [-0.2, 0) is 30.6 Å². The summed E-state index contributed by atoms with van der Waals surface area (Å²) >= 11 is 0. The third-order valence-corrected chi connectivity index (χ3v) is 7.08. The van der Waals surface area contributed by atoms with Crippen LogP contribution in [0.15, 0.2) is 41.3 Å². The Morgan fingerprint density at radius 3 is 2.44 bits per heavy atom. The summed E-state index contributed by atoms with van der Waals surface area (Å²) in [6, 6.07) is 4.79. The predicted molar refractivity (Wildman–Crippen MR) is 120 cm³/mol. The zero-order chi connectivity index (χ0) is 26.8. The molecule has 1 heterocycles. The van der Waals surface area contributed by atoms with Gasteiger partial charge in [0.05, 0.1) is 24.0 Å². The standard InChI is InChI=1S/C23H23F3N2O7S/c1-3-35-23(30)21-20(15-10-17(25)18(26)11-16(15)24)19(28(31)32)12-27(22(21)29)8-7-13-5-4-6-14(9-13)36(2,33)34/h4-6,9-11,19-21H,3,7-8,12H2,1-2H3/t19-,20+,21?/m0/s1. The summed E-state index contributed by atoms with van der Waals surface area (Å²) in [6.07, 6.45) is 1.13. The van der Waals surface area contributed by atoms with Crippen molar-refractivity contribution < 1.29 is 40.8 Å². The number of hydrogen-bond donors (Lipinski definition) is 0. The topological polar surface area (TPSA) is 124 Å². The number of hydrogen-bond acceptors (Lipinski definition) is 7. The van der Waals surface area contributed by atoms with E-state index >= 15 is 0 Å². The van der Waals surface area contributed by atoms with Crippen LogP contribution in [-0.4, -0.2) is 62.1 Å². The van der Waals surface area contributed by atoms with Crippen LogP contribution in [0.2, 0.25) is 0 Å². The molecular formula is C23H23F3N2O7S. The fourth-order valence-electron chi connectivity index (χ4n) is 4.26. The second kappa shape index (κ2) is 10.6. The van der Waals surface area contributed by atoms with E-state index in [1.807, 2.05) is 0 Å². The summed E-state index contributed by atoms with van der Waals surface area (Å²) in [7, 11) is -3.50. The van der Waals surface area contributed by atoms with E-state index in [4.69, 9.17) is 4.74 Å². The van der Waals surface area contributed by atoms with Crippen LogP contribution in [0.5, 0.6) is 0 Å². The number of nitro groups is 1. The van der Waals surface area contributed by atoms with Crippen LogP contribution in [0.4, 0.5) is 13.2 Å². The summed E-state index contributed by atoms with van der Waals surface area (Å²) in [5, 5.41) is 12.0.